The van der Waals surface area contributed by atoms with E-state index < -0.39 is 0 Å². The molecule has 0 aliphatic rings. The molecule has 0 saturated heterocycles. The maximum atomic E-state index is 11.9. The Bertz CT molecular complexity index is 1300. The van der Waals surface area contributed by atoms with Gasteiger partial charge in [0.15, 0.2) is 23.9 Å². The molecule has 11 nitrogen and oxygen atoms in total. The number of aromatic amines is 1. The topological polar surface area (TPSA) is 128 Å². The average Bonchev–Trinajstić information content (AvgIpc) is 3.47. The number of rotatable bonds is 10. The van der Waals surface area contributed by atoms with Crippen LogP contribution < -0.4 is 20.1 Å². The molecular formula is C23H27N7O4. The van der Waals surface area contributed by atoms with Gasteiger partial charge in [-0.25, -0.2) is 4.68 Å². The van der Waals surface area contributed by atoms with E-state index in [1.807, 2.05) is 32.2 Å². The molecule has 0 aliphatic carbocycles. The number of fused-ring (bicyclic) bond motifs is 1. The molecule has 0 radical (unpaired) electrons. The van der Waals surface area contributed by atoms with Gasteiger partial charge in [-0.05, 0) is 42.8 Å². The van der Waals surface area contributed by atoms with Crippen molar-refractivity contribution in [3.05, 3.63) is 42.1 Å². The largest absolute Gasteiger partial charge is 0.493 e. The van der Waals surface area contributed by atoms with E-state index in [1.165, 1.54) is 7.11 Å². The van der Waals surface area contributed by atoms with Crippen LogP contribution in [0.3, 0.4) is 0 Å². The number of aryl methyl sites for hydroxylation is 2. The van der Waals surface area contributed by atoms with Gasteiger partial charge >= 0.3 is 0 Å². The molecule has 178 valence electrons. The summed E-state index contributed by atoms with van der Waals surface area (Å²) in [5, 5.41) is 18.7. The quantitative estimate of drug-likeness (QED) is 0.305. The van der Waals surface area contributed by atoms with Gasteiger partial charge in [0, 0.05) is 37.3 Å². The van der Waals surface area contributed by atoms with Gasteiger partial charge in [-0.3, -0.25) is 9.89 Å². The van der Waals surface area contributed by atoms with Gasteiger partial charge in [0.1, 0.15) is 0 Å². The van der Waals surface area contributed by atoms with Crippen molar-refractivity contribution in [2.75, 3.05) is 39.3 Å². The highest BCUT2D eigenvalue weighted by atomic mass is 16.5. The summed E-state index contributed by atoms with van der Waals surface area (Å²) in [5.74, 6) is 1.80. The standard InChI is InChI=1S/C23H27N7O4/c1-14-16-12-25-28-18(16)7-6-17(14)26-23-27-22(29-30(23)2)15-5-8-19(20(11-15)33-4)34-13-21(31)24-9-10-32-3/h5-8,11-12H,9-10,13H2,1-4H3,(H,24,31)(H,25,28)(H,26,27,29). The summed E-state index contributed by atoms with van der Waals surface area (Å²) < 4.78 is 17.7. The van der Waals surface area contributed by atoms with E-state index in [9.17, 15) is 4.79 Å². The number of nitrogens with one attached hydrogen (secondary N) is 3. The Labute approximate surface area is 196 Å². The van der Waals surface area contributed by atoms with Gasteiger partial charge in [-0.2, -0.15) is 10.1 Å². The monoisotopic (exact) mass is 465 g/mol. The number of H-pyrrole nitrogens is 1. The van der Waals surface area contributed by atoms with E-state index in [4.69, 9.17) is 14.2 Å². The molecule has 3 N–H and O–H groups in total. The molecular weight excluding hydrogens is 438 g/mol. The molecule has 0 spiro atoms. The number of anilines is 2. The minimum atomic E-state index is -0.241. The summed E-state index contributed by atoms with van der Waals surface area (Å²) in [7, 11) is 4.94. The van der Waals surface area contributed by atoms with E-state index in [1.54, 1.807) is 30.1 Å². The number of hydrogen-bond acceptors (Lipinski definition) is 8. The number of nitrogens with zero attached hydrogens (tertiary/aromatic N) is 4. The van der Waals surface area contributed by atoms with Crippen LogP contribution >= 0.6 is 0 Å². The minimum absolute atomic E-state index is 0.129. The molecule has 4 aromatic rings. The van der Waals surface area contributed by atoms with Crippen LogP contribution in [-0.2, 0) is 16.6 Å². The van der Waals surface area contributed by atoms with E-state index in [-0.39, 0.29) is 12.5 Å². The SMILES string of the molecule is COCCNC(=O)COc1ccc(-c2nc(Nc3ccc4[nH]ncc4c3C)n(C)n2)cc1OC. The summed E-state index contributed by atoms with van der Waals surface area (Å²) in [4.78, 5) is 16.5. The Morgan fingerprint density at radius 1 is 1.18 bits per heavy atom. The minimum Gasteiger partial charge on any atom is -0.493 e. The van der Waals surface area contributed by atoms with Gasteiger partial charge in [0.25, 0.3) is 5.91 Å². The second-order valence-corrected chi connectivity index (χ2v) is 7.57. The molecule has 2 aromatic heterocycles. The number of methoxy groups -OCH3 is 2. The number of aromatic nitrogens is 5. The Kier molecular flexibility index (Phi) is 6.93. The maximum Gasteiger partial charge on any atom is 0.258 e. The molecule has 0 unspecified atom stereocenters. The van der Waals surface area contributed by atoms with Crippen molar-refractivity contribution in [3.63, 3.8) is 0 Å². The third kappa shape index (κ3) is 4.94. The van der Waals surface area contributed by atoms with E-state index >= 15 is 0 Å². The second kappa shape index (κ2) is 10.2. The fourth-order valence-electron chi connectivity index (χ4n) is 3.44. The first-order chi connectivity index (χ1) is 16.5. The van der Waals surface area contributed by atoms with Crippen LogP contribution in [0.4, 0.5) is 11.6 Å². The van der Waals surface area contributed by atoms with Crippen molar-refractivity contribution in [2.45, 2.75) is 6.92 Å². The number of hydrogen-bond donors (Lipinski definition) is 3. The molecule has 4 rings (SSSR count). The van der Waals surface area contributed by atoms with E-state index in [0.29, 0.717) is 36.4 Å². The number of ether oxygens (including phenoxy) is 3. The molecule has 34 heavy (non-hydrogen) atoms. The van der Waals surface area contributed by atoms with Crippen LogP contribution in [0.1, 0.15) is 5.56 Å². The highest BCUT2D eigenvalue weighted by Gasteiger charge is 2.15. The lowest BCUT2D eigenvalue weighted by Gasteiger charge is -2.11. The Balaban J connectivity index is 1.49. The van der Waals surface area contributed by atoms with Gasteiger partial charge in [0.05, 0.1) is 25.4 Å². The van der Waals surface area contributed by atoms with Gasteiger partial charge in [0.2, 0.25) is 5.95 Å². The van der Waals surface area contributed by atoms with Crippen LogP contribution in [0.15, 0.2) is 36.5 Å². The molecule has 2 heterocycles. The zero-order valence-electron chi connectivity index (χ0n) is 19.5. The van der Waals surface area contributed by atoms with E-state index in [2.05, 4.69) is 30.9 Å². The normalized spacial score (nSPS) is 10.9. The maximum absolute atomic E-state index is 11.9. The summed E-state index contributed by atoms with van der Waals surface area (Å²) >= 11 is 0. The molecule has 0 fully saturated rings. The van der Waals surface area contributed by atoms with Gasteiger partial charge in [-0.15, -0.1) is 5.10 Å². The van der Waals surface area contributed by atoms with Crippen molar-refractivity contribution < 1.29 is 19.0 Å². The van der Waals surface area contributed by atoms with Crippen molar-refractivity contribution in [3.8, 4) is 22.9 Å². The summed E-state index contributed by atoms with van der Waals surface area (Å²) in [6, 6.07) is 9.28. The Morgan fingerprint density at radius 2 is 2.03 bits per heavy atom. The molecule has 0 saturated carbocycles. The predicted octanol–water partition coefficient (Wildman–Crippen LogP) is 2.56. The molecule has 0 bridgehead atoms. The summed E-state index contributed by atoms with van der Waals surface area (Å²) in [6.45, 7) is 2.76. The van der Waals surface area contributed by atoms with Crippen LogP contribution in [-0.4, -0.2) is 64.8 Å². The molecule has 11 heteroatoms. The highest BCUT2D eigenvalue weighted by molar-refractivity contribution is 5.87. The van der Waals surface area contributed by atoms with Crippen molar-refractivity contribution in [1.82, 2.24) is 30.3 Å². The lowest BCUT2D eigenvalue weighted by atomic mass is 10.1. The van der Waals surface area contributed by atoms with Crippen LogP contribution in [0.2, 0.25) is 0 Å². The lowest BCUT2D eigenvalue weighted by Crippen LogP contribution is -2.31. The third-order valence-corrected chi connectivity index (χ3v) is 5.31. The highest BCUT2D eigenvalue weighted by Crippen LogP contribution is 2.32. The van der Waals surface area contributed by atoms with Crippen molar-refractivity contribution >= 4 is 28.4 Å². The molecule has 1 amide bonds. The Morgan fingerprint density at radius 3 is 2.82 bits per heavy atom. The van der Waals surface area contributed by atoms with Crippen molar-refractivity contribution in [1.29, 1.82) is 0 Å². The lowest BCUT2D eigenvalue weighted by molar-refractivity contribution is -0.123. The van der Waals surface area contributed by atoms with E-state index in [0.717, 1.165) is 27.7 Å². The smallest absolute Gasteiger partial charge is 0.258 e. The summed E-state index contributed by atoms with van der Waals surface area (Å²) in [5.41, 5.74) is 3.70. The zero-order valence-corrected chi connectivity index (χ0v) is 19.5. The number of benzene rings is 2. The van der Waals surface area contributed by atoms with Crippen LogP contribution in [0, 0.1) is 6.92 Å². The number of amides is 1. The molecule has 0 aliphatic heterocycles. The fourth-order valence-corrected chi connectivity index (χ4v) is 3.44. The summed E-state index contributed by atoms with van der Waals surface area (Å²) in [6.07, 6.45) is 1.80. The van der Waals surface area contributed by atoms with Gasteiger partial charge < -0.3 is 24.8 Å². The Hall–Kier alpha value is -4.12. The number of carbonyl (C=O) groups excluding carboxylic acids is 1. The first-order valence-corrected chi connectivity index (χ1v) is 10.7. The number of carbonyl (C=O) groups is 1. The zero-order chi connectivity index (χ0) is 24.1. The molecule has 2 aromatic carbocycles. The van der Waals surface area contributed by atoms with Crippen LogP contribution in [0.5, 0.6) is 11.5 Å². The van der Waals surface area contributed by atoms with Gasteiger partial charge in [-0.1, -0.05) is 0 Å². The average molecular weight is 466 g/mol. The fraction of sp³-hybridized carbons (Fsp3) is 0.304. The second-order valence-electron chi connectivity index (χ2n) is 7.57. The first kappa shape index (κ1) is 23.1. The molecule has 0 atom stereocenters. The third-order valence-electron chi connectivity index (χ3n) is 5.31. The first-order valence-electron chi connectivity index (χ1n) is 10.7. The van der Waals surface area contributed by atoms with Crippen molar-refractivity contribution in [2.24, 2.45) is 7.05 Å². The van der Waals surface area contributed by atoms with Crippen LogP contribution in [0.25, 0.3) is 22.3 Å². The predicted molar refractivity (Wildman–Crippen MR) is 127 cm³/mol.